The fourth-order valence-corrected chi connectivity index (χ4v) is 4.27. The van der Waals surface area contributed by atoms with E-state index in [0.717, 1.165) is 42.8 Å². The van der Waals surface area contributed by atoms with E-state index in [-0.39, 0.29) is 12.0 Å². The van der Waals surface area contributed by atoms with Gasteiger partial charge in [0, 0.05) is 18.9 Å². The average Bonchev–Trinajstić information content (AvgIpc) is 3.20. The number of aryl methyl sites for hydroxylation is 3. The van der Waals surface area contributed by atoms with Crippen LogP contribution in [-0.4, -0.2) is 47.1 Å². The van der Waals surface area contributed by atoms with Crippen LogP contribution in [0.3, 0.4) is 0 Å². The van der Waals surface area contributed by atoms with Gasteiger partial charge in [-0.15, -0.1) is 5.10 Å². The standard InChI is InChI=1S/C24H31N7O3/c1-4-6-17-11-12-25-24(28-17)26-14-20-22(29-30-31(20)3)19-9-10-21(15(2)27-19)34-18-8-5-7-16(13-18)23(32)33/h9-12,16,18H,4-8,13-14H2,1-3H3,(H,32,33)(H,25,26,28)/t16?,18-/m0/s1. The zero-order chi connectivity index (χ0) is 24.1. The first-order chi connectivity index (χ1) is 16.4. The molecular weight excluding hydrogens is 434 g/mol. The maximum atomic E-state index is 11.3. The Bertz CT molecular complexity index is 1150. The molecule has 0 saturated heterocycles. The molecule has 3 heterocycles. The summed E-state index contributed by atoms with van der Waals surface area (Å²) in [6.45, 7) is 4.46. The van der Waals surface area contributed by atoms with Gasteiger partial charge in [-0.1, -0.05) is 18.6 Å². The first-order valence-electron chi connectivity index (χ1n) is 11.8. The van der Waals surface area contributed by atoms with Gasteiger partial charge in [-0.2, -0.15) is 0 Å². The number of rotatable bonds is 9. The SMILES string of the molecule is CCCc1ccnc(NCc2c(-c3ccc(O[C@H]4CCCC(C(=O)O)C4)c(C)n3)nnn2C)n1. The fraction of sp³-hybridized carbons (Fsp3) is 0.500. The van der Waals surface area contributed by atoms with E-state index in [0.29, 0.717) is 42.5 Å². The highest BCUT2D eigenvalue weighted by Gasteiger charge is 2.28. The monoisotopic (exact) mass is 465 g/mol. The molecule has 0 spiro atoms. The van der Waals surface area contributed by atoms with Crippen molar-refractivity contribution in [3.63, 3.8) is 0 Å². The number of hydrogen-bond donors (Lipinski definition) is 2. The van der Waals surface area contributed by atoms with Gasteiger partial charge in [0.05, 0.1) is 35.6 Å². The Balaban J connectivity index is 1.47. The smallest absolute Gasteiger partial charge is 0.306 e. The van der Waals surface area contributed by atoms with Crippen molar-refractivity contribution in [1.82, 2.24) is 29.9 Å². The molecule has 4 rings (SSSR count). The predicted molar refractivity (Wildman–Crippen MR) is 126 cm³/mol. The lowest BCUT2D eigenvalue weighted by Crippen LogP contribution is -2.29. The van der Waals surface area contributed by atoms with E-state index >= 15 is 0 Å². The van der Waals surface area contributed by atoms with E-state index in [2.05, 4.69) is 32.5 Å². The van der Waals surface area contributed by atoms with Gasteiger partial charge in [0.1, 0.15) is 11.4 Å². The minimum atomic E-state index is -0.746. The summed E-state index contributed by atoms with van der Waals surface area (Å²) in [6, 6.07) is 5.67. The van der Waals surface area contributed by atoms with Gasteiger partial charge in [-0.05, 0) is 57.2 Å². The van der Waals surface area contributed by atoms with Gasteiger partial charge in [0.2, 0.25) is 5.95 Å². The maximum absolute atomic E-state index is 11.3. The molecule has 1 unspecified atom stereocenters. The van der Waals surface area contributed by atoms with Crippen LogP contribution < -0.4 is 10.1 Å². The summed E-state index contributed by atoms with van der Waals surface area (Å²) in [5, 5.41) is 21.1. The third kappa shape index (κ3) is 5.49. The molecule has 2 N–H and O–H groups in total. The van der Waals surface area contributed by atoms with E-state index in [1.807, 2.05) is 32.2 Å². The third-order valence-corrected chi connectivity index (χ3v) is 6.13. The zero-order valence-electron chi connectivity index (χ0n) is 19.9. The van der Waals surface area contributed by atoms with Crippen LogP contribution in [0.25, 0.3) is 11.4 Å². The maximum Gasteiger partial charge on any atom is 0.306 e. The molecule has 1 saturated carbocycles. The van der Waals surface area contributed by atoms with E-state index in [1.165, 1.54) is 0 Å². The third-order valence-electron chi connectivity index (χ3n) is 6.13. The second kappa shape index (κ2) is 10.6. The van der Waals surface area contributed by atoms with Gasteiger partial charge in [0.25, 0.3) is 0 Å². The van der Waals surface area contributed by atoms with Crippen molar-refractivity contribution in [2.45, 2.75) is 65.0 Å². The minimum Gasteiger partial charge on any atom is -0.489 e. The van der Waals surface area contributed by atoms with Crippen LogP contribution in [0.2, 0.25) is 0 Å². The highest BCUT2D eigenvalue weighted by Crippen LogP contribution is 2.30. The molecule has 1 fully saturated rings. The van der Waals surface area contributed by atoms with E-state index < -0.39 is 5.97 Å². The lowest BCUT2D eigenvalue weighted by molar-refractivity contribution is -0.143. The van der Waals surface area contributed by atoms with Crippen molar-refractivity contribution in [1.29, 1.82) is 0 Å². The number of ether oxygens (including phenoxy) is 1. The number of aliphatic carboxylic acids is 1. The molecule has 10 nitrogen and oxygen atoms in total. The first-order valence-corrected chi connectivity index (χ1v) is 11.8. The van der Waals surface area contributed by atoms with Crippen LogP contribution in [0.5, 0.6) is 5.75 Å². The fourth-order valence-electron chi connectivity index (χ4n) is 4.27. The molecule has 10 heteroatoms. The van der Waals surface area contributed by atoms with Crippen LogP contribution >= 0.6 is 0 Å². The Hall–Kier alpha value is -3.56. The van der Waals surface area contributed by atoms with E-state index in [9.17, 15) is 9.90 Å². The van der Waals surface area contributed by atoms with E-state index in [1.54, 1.807) is 10.9 Å². The van der Waals surface area contributed by atoms with Crippen LogP contribution in [0.1, 0.15) is 56.1 Å². The van der Waals surface area contributed by atoms with Crippen LogP contribution in [0.4, 0.5) is 5.95 Å². The molecule has 34 heavy (non-hydrogen) atoms. The lowest BCUT2D eigenvalue weighted by Gasteiger charge is -2.27. The molecule has 0 amide bonds. The molecule has 3 aromatic heterocycles. The summed E-state index contributed by atoms with van der Waals surface area (Å²) in [5.74, 6) is 0.153. The van der Waals surface area contributed by atoms with Crippen molar-refractivity contribution in [3.05, 3.63) is 41.5 Å². The summed E-state index contributed by atoms with van der Waals surface area (Å²) in [4.78, 5) is 24.9. The number of anilines is 1. The van der Waals surface area contributed by atoms with E-state index in [4.69, 9.17) is 9.72 Å². The lowest BCUT2D eigenvalue weighted by atomic mass is 9.87. The second-order valence-corrected chi connectivity index (χ2v) is 8.71. The number of hydrogen-bond acceptors (Lipinski definition) is 8. The molecule has 0 radical (unpaired) electrons. The Labute approximate surface area is 198 Å². The number of nitrogens with one attached hydrogen (secondary N) is 1. The Morgan fingerprint density at radius 3 is 2.88 bits per heavy atom. The number of carboxylic acid groups (broad SMARTS) is 1. The molecule has 1 aliphatic carbocycles. The normalized spacial score (nSPS) is 18.0. The summed E-state index contributed by atoms with van der Waals surface area (Å²) in [7, 11) is 1.84. The molecular formula is C24H31N7O3. The van der Waals surface area contributed by atoms with Gasteiger partial charge in [-0.3, -0.25) is 4.79 Å². The van der Waals surface area contributed by atoms with Gasteiger partial charge in [0.15, 0.2) is 0 Å². The Kier molecular flexibility index (Phi) is 7.34. The number of aromatic nitrogens is 6. The highest BCUT2D eigenvalue weighted by atomic mass is 16.5. The molecule has 1 aliphatic rings. The molecule has 180 valence electrons. The summed E-state index contributed by atoms with van der Waals surface area (Å²) >= 11 is 0. The number of carboxylic acids is 1. The second-order valence-electron chi connectivity index (χ2n) is 8.71. The number of carbonyl (C=O) groups is 1. The zero-order valence-corrected chi connectivity index (χ0v) is 19.9. The molecule has 3 aromatic rings. The van der Waals surface area contributed by atoms with Crippen molar-refractivity contribution in [2.24, 2.45) is 13.0 Å². The summed E-state index contributed by atoms with van der Waals surface area (Å²) < 4.78 is 7.85. The van der Waals surface area contributed by atoms with Crippen molar-refractivity contribution >= 4 is 11.9 Å². The first kappa shape index (κ1) is 23.6. The van der Waals surface area contributed by atoms with Gasteiger partial charge >= 0.3 is 5.97 Å². The molecule has 0 bridgehead atoms. The minimum absolute atomic E-state index is 0.110. The summed E-state index contributed by atoms with van der Waals surface area (Å²) in [6.07, 6.45) is 6.53. The molecule has 2 atom stereocenters. The van der Waals surface area contributed by atoms with Gasteiger partial charge < -0.3 is 15.2 Å². The molecule has 0 aromatic carbocycles. The van der Waals surface area contributed by atoms with Crippen molar-refractivity contribution < 1.29 is 14.6 Å². The molecule has 0 aliphatic heterocycles. The van der Waals surface area contributed by atoms with Crippen LogP contribution in [-0.2, 0) is 24.8 Å². The quantitative estimate of drug-likeness (QED) is 0.487. The van der Waals surface area contributed by atoms with Gasteiger partial charge in [-0.25, -0.2) is 19.6 Å². The Morgan fingerprint density at radius 1 is 1.26 bits per heavy atom. The number of pyridine rings is 1. The summed E-state index contributed by atoms with van der Waals surface area (Å²) in [5.41, 5.74) is 3.97. The van der Waals surface area contributed by atoms with Crippen LogP contribution in [0, 0.1) is 12.8 Å². The Morgan fingerprint density at radius 2 is 2.12 bits per heavy atom. The highest BCUT2D eigenvalue weighted by molar-refractivity contribution is 5.70. The average molecular weight is 466 g/mol. The van der Waals surface area contributed by atoms with Crippen LogP contribution in [0.15, 0.2) is 24.4 Å². The topological polar surface area (TPSA) is 128 Å². The van der Waals surface area contributed by atoms with Crippen molar-refractivity contribution in [3.8, 4) is 17.1 Å². The van der Waals surface area contributed by atoms with Crippen molar-refractivity contribution in [2.75, 3.05) is 5.32 Å². The largest absolute Gasteiger partial charge is 0.489 e. The predicted octanol–water partition coefficient (Wildman–Crippen LogP) is 3.56. The number of nitrogens with zero attached hydrogens (tertiary/aromatic N) is 6.